The maximum atomic E-state index is 12.1. The van der Waals surface area contributed by atoms with E-state index in [1.54, 1.807) is 7.11 Å². The van der Waals surface area contributed by atoms with Crippen LogP contribution in [0.4, 0.5) is 4.79 Å². The zero-order valence-electron chi connectivity index (χ0n) is 13.9. The summed E-state index contributed by atoms with van der Waals surface area (Å²) in [5.41, 5.74) is -0.709. The van der Waals surface area contributed by atoms with Gasteiger partial charge in [-0.2, -0.15) is 0 Å². The van der Waals surface area contributed by atoms with Gasteiger partial charge >= 0.3 is 6.09 Å². The summed E-state index contributed by atoms with van der Waals surface area (Å²) in [6.07, 6.45) is 5.78. The van der Waals surface area contributed by atoms with E-state index < -0.39 is 5.60 Å². The van der Waals surface area contributed by atoms with Gasteiger partial charge in [-0.05, 0) is 72.4 Å². The lowest BCUT2D eigenvalue weighted by Crippen LogP contribution is -2.60. The number of amides is 1. The Bertz CT molecular complexity index is 366. The van der Waals surface area contributed by atoms with Gasteiger partial charge in [-0.15, -0.1) is 0 Å². The van der Waals surface area contributed by atoms with Crippen LogP contribution in [0.5, 0.6) is 0 Å². The van der Waals surface area contributed by atoms with Crippen LogP contribution < -0.4 is 10.6 Å². The molecule has 1 saturated heterocycles. The Morgan fingerprint density at radius 1 is 1.19 bits per heavy atom. The third-order valence-corrected chi connectivity index (χ3v) is 4.69. The molecule has 21 heavy (non-hydrogen) atoms. The summed E-state index contributed by atoms with van der Waals surface area (Å²) in [4.78, 5) is 12.1. The van der Waals surface area contributed by atoms with Gasteiger partial charge in [0.05, 0.1) is 5.60 Å². The van der Waals surface area contributed by atoms with E-state index in [9.17, 15) is 4.79 Å². The number of nitrogens with one attached hydrogen (secondary N) is 2. The molecule has 1 aliphatic carbocycles. The van der Waals surface area contributed by atoms with E-state index in [4.69, 9.17) is 9.47 Å². The van der Waals surface area contributed by atoms with Crippen molar-refractivity contribution in [2.75, 3.05) is 20.2 Å². The van der Waals surface area contributed by atoms with Crippen LogP contribution in [0.1, 0.15) is 59.3 Å². The van der Waals surface area contributed by atoms with Crippen molar-refractivity contribution in [1.29, 1.82) is 0 Å². The van der Waals surface area contributed by atoms with Crippen LogP contribution in [0, 0.1) is 0 Å². The zero-order valence-corrected chi connectivity index (χ0v) is 13.9. The number of carbonyl (C=O) groups is 1. The lowest BCUT2D eigenvalue weighted by atomic mass is 9.68. The smallest absolute Gasteiger partial charge is 0.408 e. The van der Waals surface area contributed by atoms with Crippen molar-refractivity contribution in [1.82, 2.24) is 10.6 Å². The summed E-state index contributed by atoms with van der Waals surface area (Å²) in [5, 5.41) is 6.51. The molecule has 0 atom stereocenters. The summed E-state index contributed by atoms with van der Waals surface area (Å²) in [7, 11) is 1.80. The number of rotatable bonds is 4. The second kappa shape index (κ2) is 6.13. The molecule has 2 N–H and O–H groups in total. The fraction of sp³-hybridized carbons (Fsp3) is 0.938. The van der Waals surface area contributed by atoms with Crippen molar-refractivity contribution in [3.8, 4) is 0 Å². The molecule has 0 radical (unpaired) electrons. The van der Waals surface area contributed by atoms with E-state index in [0.717, 1.165) is 51.6 Å². The Morgan fingerprint density at radius 2 is 1.81 bits per heavy atom. The minimum absolute atomic E-state index is 0.110. The highest BCUT2D eigenvalue weighted by Crippen LogP contribution is 2.42. The molecule has 0 aromatic carbocycles. The van der Waals surface area contributed by atoms with E-state index in [1.165, 1.54) is 0 Å². The van der Waals surface area contributed by atoms with Gasteiger partial charge in [0.2, 0.25) is 0 Å². The van der Waals surface area contributed by atoms with Gasteiger partial charge in [-0.25, -0.2) is 4.79 Å². The zero-order chi connectivity index (χ0) is 15.6. The Hall–Kier alpha value is -0.810. The van der Waals surface area contributed by atoms with Gasteiger partial charge < -0.3 is 20.1 Å². The minimum Gasteiger partial charge on any atom is -0.444 e. The van der Waals surface area contributed by atoms with E-state index >= 15 is 0 Å². The lowest BCUT2D eigenvalue weighted by Gasteiger charge is -2.49. The van der Waals surface area contributed by atoms with Gasteiger partial charge in [0.25, 0.3) is 0 Å². The van der Waals surface area contributed by atoms with Crippen molar-refractivity contribution in [3.05, 3.63) is 0 Å². The Kier molecular flexibility index (Phi) is 4.83. The van der Waals surface area contributed by atoms with Crippen LogP contribution in [-0.4, -0.2) is 43.0 Å². The first kappa shape index (κ1) is 16.6. The van der Waals surface area contributed by atoms with E-state index in [1.807, 2.05) is 20.8 Å². The molecular formula is C16H30N2O3. The second-order valence-electron chi connectivity index (χ2n) is 7.57. The van der Waals surface area contributed by atoms with Gasteiger partial charge in [-0.3, -0.25) is 0 Å². The van der Waals surface area contributed by atoms with Crippen molar-refractivity contribution in [2.45, 2.75) is 76.0 Å². The average molecular weight is 298 g/mol. The summed E-state index contributed by atoms with van der Waals surface area (Å²) < 4.78 is 11.3. The van der Waals surface area contributed by atoms with Gasteiger partial charge in [0, 0.05) is 12.6 Å². The van der Waals surface area contributed by atoms with Crippen LogP contribution in [-0.2, 0) is 9.47 Å². The minimum atomic E-state index is -0.456. The molecule has 1 saturated carbocycles. The normalized spacial score (nSPS) is 24.0. The Morgan fingerprint density at radius 3 is 2.24 bits per heavy atom. The number of hydrogen-bond donors (Lipinski definition) is 2. The van der Waals surface area contributed by atoms with E-state index in [0.29, 0.717) is 0 Å². The summed E-state index contributed by atoms with van der Waals surface area (Å²) in [6, 6.07) is 0. The molecular weight excluding hydrogens is 268 g/mol. The van der Waals surface area contributed by atoms with Crippen LogP contribution in [0.25, 0.3) is 0 Å². The molecule has 0 unspecified atom stereocenters. The van der Waals surface area contributed by atoms with Crippen LogP contribution >= 0.6 is 0 Å². The summed E-state index contributed by atoms with van der Waals surface area (Å²) in [6.45, 7) is 7.64. The monoisotopic (exact) mass is 298 g/mol. The molecule has 1 aliphatic heterocycles. The maximum absolute atomic E-state index is 12.1. The SMILES string of the molecule is COC1(CC2(NC(=O)OC(C)(C)C)CCC2)CCNCC1. The van der Waals surface area contributed by atoms with Crippen LogP contribution in [0.15, 0.2) is 0 Å². The van der Waals surface area contributed by atoms with Crippen molar-refractivity contribution < 1.29 is 14.3 Å². The molecule has 2 fully saturated rings. The highest BCUT2D eigenvalue weighted by atomic mass is 16.6. The topological polar surface area (TPSA) is 59.6 Å². The molecule has 0 spiro atoms. The number of piperidine rings is 1. The van der Waals surface area contributed by atoms with Gasteiger partial charge in [-0.1, -0.05) is 0 Å². The largest absolute Gasteiger partial charge is 0.444 e. The molecule has 2 aliphatic rings. The Balaban J connectivity index is 1.99. The predicted molar refractivity (Wildman–Crippen MR) is 82.4 cm³/mol. The molecule has 0 aromatic rings. The van der Waals surface area contributed by atoms with Gasteiger partial charge in [0.15, 0.2) is 0 Å². The third-order valence-electron chi connectivity index (χ3n) is 4.69. The average Bonchev–Trinajstić information content (AvgIpc) is 2.35. The molecule has 1 heterocycles. The fourth-order valence-electron chi connectivity index (χ4n) is 3.42. The molecule has 2 rings (SSSR count). The first-order valence-corrected chi connectivity index (χ1v) is 8.05. The molecule has 0 bridgehead atoms. The molecule has 5 nitrogen and oxygen atoms in total. The second-order valence-corrected chi connectivity index (χ2v) is 7.57. The predicted octanol–water partition coefficient (Wildman–Crippen LogP) is 2.59. The van der Waals surface area contributed by atoms with Crippen molar-refractivity contribution in [2.24, 2.45) is 0 Å². The fourth-order valence-corrected chi connectivity index (χ4v) is 3.42. The molecule has 5 heteroatoms. The van der Waals surface area contributed by atoms with Crippen molar-refractivity contribution in [3.63, 3.8) is 0 Å². The van der Waals surface area contributed by atoms with Gasteiger partial charge in [0.1, 0.15) is 5.60 Å². The number of alkyl carbamates (subject to hydrolysis) is 1. The quantitative estimate of drug-likeness (QED) is 0.837. The first-order chi connectivity index (χ1) is 9.78. The number of ether oxygens (including phenoxy) is 2. The number of carbonyl (C=O) groups excluding carboxylic acids is 1. The third kappa shape index (κ3) is 4.33. The van der Waals surface area contributed by atoms with Crippen LogP contribution in [0.3, 0.4) is 0 Å². The number of hydrogen-bond acceptors (Lipinski definition) is 4. The highest BCUT2D eigenvalue weighted by Gasteiger charge is 2.47. The highest BCUT2D eigenvalue weighted by molar-refractivity contribution is 5.69. The van der Waals surface area contributed by atoms with Crippen LogP contribution in [0.2, 0.25) is 0 Å². The van der Waals surface area contributed by atoms with E-state index in [2.05, 4.69) is 10.6 Å². The molecule has 1 amide bonds. The standard InChI is InChI=1S/C16H30N2O3/c1-14(2,3)21-13(19)18-15(6-5-7-15)12-16(20-4)8-10-17-11-9-16/h17H,5-12H2,1-4H3,(H,18,19). The number of methoxy groups -OCH3 is 1. The molecule has 0 aromatic heterocycles. The van der Waals surface area contributed by atoms with E-state index in [-0.39, 0.29) is 17.2 Å². The molecule has 122 valence electrons. The summed E-state index contributed by atoms with van der Waals surface area (Å²) >= 11 is 0. The first-order valence-electron chi connectivity index (χ1n) is 8.05. The maximum Gasteiger partial charge on any atom is 0.408 e. The lowest BCUT2D eigenvalue weighted by molar-refractivity contribution is -0.0716. The van der Waals surface area contributed by atoms with Crippen molar-refractivity contribution >= 4 is 6.09 Å². The Labute approximate surface area is 128 Å². The summed E-state index contributed by atoms with van der Waals surface area (Å²) in [5.74, 6) is 0.